The molecule has 2 heteroatoms. The maximum Gasteiger partial charge on any atom is 0.149 e. The lowest BCUT2D eigenvalue weighted by Gasteiger charge is -2.15. The van der Waals surface area contributed by atoms with Crippen LogP contribution in [0.3, 0.4) is 0 Å². The van der Waals surface area contributed by atoms with E-state index in [9.17, 15) is 4.53 Å². The van der Waals surface area contributed by atoms with Crippen molar-refractivity contribution in [1.29, 1.82) is 0 Å². The van der Waals surface area contributed by atoms with Crippen LogP contribution < -0.4 is 0 Å². The molecule has 0 aromatic heterocycles. The van der Waals surface area contributed by atoms with E-state index in [1.165, 1.54) is 0 Å². The van der Waals surface area contributed by atoms with Gasteiger partial charge in [-0.25, -0.2) is 0 Å². The molecule has 3 aromatic carbocycles. The molecule has 1 atom stereocenters. The lowest BCUT2D eigenvalue weighted by Crippen LogP contribution is -2.02. The van der Waals surface area contributed by atoms with E-state index in [4.69, 9.17) is 0 Å². The molecule has 0 heterocycles. The first kappa shape index (κ1) is 11.9. The Hall–Kier alpha value is -2.19. The zero-order valence-corrected chi connectivity index (χ0v) is 10.3. The summed E-state index contributed by atoms with van der Waals surface area (Å²) in [6.07, 6.45) is -0.688. The van der Waals surface area contributed by atoms with Crippen LogP contribution in [0, 0.1) is 0 Å². The smallest absolute Gasteiger partial charge is 0.149 e. The Morgan fingerprint density at radius 2 is 1.42 bits per heavy atom. The molecule has 1 nitrogen and oxygen atoms in total. The number of halogens is 1. The van der Waals surface area contributed by atoms with Crippen molar-refractivity contribution in [3.8, 4) is 0 Å². The Balaban J connectivity index is 2.17. The fraction of sp³-hybridized carbons (Fsp3) is 0.0588. The van der Waals surface area contributed by atoms with Crippen molar-refractivity contribution in [2.24, 2.45) is 0 Å². The Bertz CT molecular complexity index is 674. The zero-order chi connectivity index (χ0) is 13.1. The fourth-order valence-corrected chi connectivity index (χ4v) is 2.39. The first-order valence-corrected chi connectivity index (χ1v) is 6.20. The van der Waals surface area contributed by atoms with Crippen molar-refractivity contribution in [3.05, 3.63) is 83.9 Å². The number of hydrogen-bond donors (Lipinski definition) is 0. The van der Waals surface area contributed by atoms with Gasteiger partial charge in [0.1, 0.15) is 6.10 Å². The highest BCUT2D eigenvalue weighted by molar-refractivity contribution is 5.86. The predicted molar refractivity (Wildman–Crippen MR) is 74.4 cm³/mol. The lowest BCUT2D eigenvalue weighted by molar-refractivity contribution is -0.166. The molecule has 0 fully saturated rings. The predicted octanol–water partition coefficient (Wildman–Crippen LogP) is 4.83. The van der Waals surface area contributed by atoms with Crippen LogP contribution in [0.4, 0.5) is 4.53 Å². The van der Waals surface area contributed by atoms with E-state index in [-0.39, 0.29) is 0 Å². The van der Waals surface area contributed by atoms with Gasteiger partial charge in [0.05, 0.1) is 0 Å². The van der Waals surface area contributed by atoms with Gasteiger partial charge in [0, 0.05) is 0 Å². The van der Waals surface area contributed by atoms with Crippen molar-refractivity contribution in [1.82, 2.24) is 0 Å². The first-order valence-electron chi connectivity index (χ1n) is 6.20. The summed E-state index contributed by atoms with van der Waals surface area (Å²) in [5.41, 5.74) is 1.65. The molecule has 1 unspecified atom stereocenters. The summed E-state index contributed by atoms with van der Waals surface area (Å²) in [5.74, 6) is 0. The van der Waals surface area contributed by atoms with E-state index in [0.717, 1.165) is 21.9 Å². The maximum absolute atomic E-state index is 13.1. The second kappa shape index (κ2) is 5.21. The van der Waals surface area contributed by atoms with E-state index >= 15 is 0 Å². The average molecular weight is 252 g/mol. The van der Waals surface area contributed by atoms with Gasteiger partial charge in [0.15, 0.2) is 0 Å². The van der Waals surface area contributed by atoms with E-state index < -0.39 is 6.10 Å². The van der Waals surface area contributed by atoms with Gasteiger partial charge in [-0.05, 0) is 26.4 Å². The average Bonchev–Trinajstić information content (AvgIpc) is 2.49. The number of hydrogen-bond acceptors (Lipinski definition) is 1. The van der Waals surface area contributed by atoms with E-state index in [1.54, 1.807) is 0 Å². The molecule has 94 valence electrons. The Kier molecular flexibility index (Phi) is 3.25. The van der Waals surface area contributed by atoms with E-state index in [1.807, 2.05) is 72.8 Å². The minimum Gasteiger partial charge on any atom is -0.181 e. The monoisotopic (exact) mass is 252 g/mol. The highest BCUT2D eigenvalue weighted by Crippen LogP contribution is 2.31. The molecule has 0 amide bonds. The number of benzene rings is 3. The third-order valence-corrected chi connectivity index (χ3v) is 3.30. The second-order valence-corrected chi connectivity index (χ2v) is 4.45. The highest BCUT2D eigenvalue weighted by Gasteiger charge is 2.17. The van der Waals surface area contributed by atoms with Crippen LogP contribution >= 0.6 is 0 Å². The molecular formula is C17H13FO. The molecule has 0 aliphatic rings. The van der Waals surface area contributed by atoms with Crippen LogP contribution in [0.1, 0.15) is 17.2 Å². The maximum atomic E-state index is 13.1. The Morgan fingerprint density at radius 1 is 0.737 bits per heavy atom. The quantitative estimate of drug-likeness (QED) is 0.648. The van der Waals surface area contributed by atoms with Crippen molar-refractivity contribution < 1.29 is 9.47 Å². The molecule has 3 rings (SSSR count). The zero-order valence-electron chi connectivity index (χ0n) is 10.3. The van der Waals surface area contributed by atoms with Crippen molar-refractivity contribution in [2.45, 2.75) is 6.10 Å². The van der Waals surface area contributed by atoms with Gasteiger partial charge < -0.3 is 0 Å². The van der Waals surface area contributed by atoms with Crippen LogP contribution in [0.5, 0.6) is 0 Å². The molecule has 0 saturated carbocycles. The van der Waals surface area contributed by atoms with E-state index in [0.29, 0.717) is 0 Å². The summed E-state index contributed by atoms with van der Waals surface area (Å²) in [6, 6.07) is 23.2. The Labute approximate surface area is 111 Å². The fourth-order valence-electron chi connectivity index (χ4n) is 2.39. The summed E-state index contributed by atoms with van der Waals surface area (Å²) in [6.45, 7) is 0. The summed E-state index contributed by atoms with van der Waals surface area (Å²) < 4.78 is 13.1. The summed E-state index contributed by atoms with van der Waals surface area (Å²) in [7, 11) is 0. The molecule has 0 spiro atoms. The topological polar surface area (TPSA) is 9.23 Å². The molecule has 3 aromatic rings. The van der Waals surface area contributed by atoms with Crippen LogP contribution in [-0.4, -0.2) is 0 Å². The molecule has 0 aliphatic heterocycles. The minimum atomic E-state index is -0.688. The van der Waals surface area contributed by atoms with Crippen LogP contribution in [0.2, 0.25) is 0 Å². The van der Waals surface area contributed by atoms with Crippen LogP contribution in [0.25, 0.3) is 10.8 Å². The van der Waals surface area contributed by atoms with Crippen LogP contribution in [-0.2, 0) is 4.94 Å². The van der Waals surface area contributed by atoms with E-state index in [2.05, 4.69) is 4.94 Å². The number of fused-ring (bicyclic) bond motifs is 1. The standard InChI is InChI=1S/C17H13FO/c18-19-17(14-8-2-1-3-9-14)16-12-6-10-13-7-4-5-11-15(13)16/h1-12,17H. The molecule has 0 radical (unpaired) electrons. The van der Waals surface area contributed by atoms with Crippen LogP contribution in [0.15, 0.2) is 72.8 Å². The van der Waals surface area contributed by atoms with Gasteiger partial charge >= 0.3 is 0 Å². The third-order valence-electron chi connectivity index (χ3n) is 3.30. The Morgan fingerprint density at radius 3 is 2.21 bits per heavy atom. The molecule has 0 saturated heterocycles. The summed E-state index contributed by atoms with van der Waals surface area (Å²) in [4.78, 5) is 4.23. The van der Waals surface area contributed by atoms with Gasteiger partial charge in [-0.2, -0.15) is 4.94 Å². The van der Waals surface area contributed by atoms with Gasteiger partial charge in [0.25, 0.3) is 0 Å². The highest BCUT2D eigenvalue weighted by atomic mass is 19.3. The summed E-state index contributed by atoms with van der Waals surface area (Å²) in [5, 5.41) is 2.09. The second-order valence-electron chi connectivity index (χ2n) is 4.45. The van der Waals surface area contributed by atoms with Gasteiger partial charge in [-0.3, -0.25) is 0 Å². The SMILES string of the molecule is FOC(c1ccccc1)c1cccc2ccccc12. The van der Waals surface area contributed by atoms with Crippen molar-refractivity contribution >= 4 is 10.8 Å². The minimum absolute atomic E-state index is 0.688. The molecule has 19 heavy (non-hydrogen) atoms. The van der Waals surface area contributed by atoms with Gasteiger partial charge in [0.2, 0.25) is 0 Å². The summed E-state index contributed by atoms with van der Waals surface area (Å²) >= 11 is 0. The van der Waals surface area contributed by atoms with Crippen molar-refractivity contribution in [3.63, 3.8) is 0 Å². The molecule has 0 N–H and O–H groups in total. The first-order chi connectivity index (χ1) is 9.40. The van der Waals surface area contributed by atoms with Gasteiger partial charge in [-0.15, -0.1) is 0 Å². The molecule has 0 aliphatic carbocycles. The normalized spacial score (nSPS) is 12.5. The third kappa shape index (κ3) is 2.23. The van der Waals surface area contributed by atoms with Crippen molar-refractivity contribution in [2.75, 3.05) is 0 Å². The van der Waals surface area contributed by atoms with Gasteiger partial charge in [-0.1, -0.05) is 72.8 Å². The molecular weight excluding hydrogens is 239 g/mol. The molecule has 0 bridgehead atoms. The largest absolute Gasteiger partial charge is 0.181 e. The number of rotatable bonds is 3. The lowest BCUT2D eigenvalue weighted by atomic mass is 9.96.